The van der Waals surface area contributed by atoms with Gasteiger partial charge in [-0.2, -0.15) is 0 Å². The van der Waals surface area contributed by atoms with Crippen LogP contribution in [-0.4, -0.2) is 58.0 Å². The van der Waals surface area contributed by atoms with Crippen molar-refractivity contribution in [2.24, 2.45) is 0 Å². The Balaban J connectivity index is 1.87. The molecule has 0 unspecified atom stereocenters. The maximum absolute atomic E-state index is 14.6. The van der Waals surface area contributed by atoms with Crippen molar-refractivity contribution in [3.05, 3.63) is 119 Å². The molecule has 1 atom stereocenters. The van der Waals surface area contributed by atoms with E-state index in [9.17, 15) is 18.0 Å². The summed E-state index contributed by atoms with van der Waals surface area (Å²) in [5.74, 6) is -0.424. The minimum absolute atomic E-state index is 0.0243. The molecule has 0 bridgehead atoms. The second-order valence-corrected chi connectivity index (χ2v) is 13.1. The van der Waals surface area contributed by atoms with Crippen LogP contribution in [0.1, 0.15) is 25.0 Å². The zero-order chi connectivity index (χ0) is 33.3. The van der Waals surface area contributed by atoms with E-state index < -0.39 is 28.5 Å². The fourth-order valence-electron chi connectivity index (χ4n) is 4.97. The molecule has 0 aromatic heterocycles. The number of ether oxygens (including phenoxy) is 2. The van der Waals surface area contributed by atoms with Crippen molar-refractivity contribution in [3.63, 3.8) is 0 Å². The summed E-state index contributed by atoms with van der Waals surface area (Å²) >= 11 is 6.55. The predicted octanol–water partition coefficient (Wildman–Crippen LogP) is 5.72. The molecule has 0 radical (unpaired) electrons. The van der Waals surface area contributed by atoms with E-state index in [2.05, 4.69) is 5.32 Å². The maximum Gasteiger partial charge on any atom is 0.264 e. The lowest BCUT2D eigenvalue weighted by Gasteiger charge is -2.34. The minimum atomic E-state index is -4.32. The molecule has 4 aromatic rings. The molecule has 46 heavy (non-hydrogen) atoms. The number of methoxy groups -OCH3 is 2. The molecule has 11 heteroatoms. The van der Waals surface area contributed by atoms with Crippen LogP contribution in [0, 0.1) is 0 Å². The number of halogens is 1. The number of sulfonamides is 1. The van der Waals surface area contributed by atoms with Crippen LogP contribution in [-0.2, 0) is 32.6 Å². The lowest BCUT2D eigenvalue weighted by Crippen LogP contribution is -2.54. The van der Waals surface area contributed by atoms with Crippen LogP contribution in [0.15, 0.2) is 108 Å². The van der Waals surface area contributed by atoms with Crippen molar-refractivity contribution in [2.45, 2.75) is 43.8 Å². The van der Waals surface area contributed by atoms with Crippen molar-refractivity contribution < 1.29 is 27.5 Å². The quantitative estimate of drug-likeness (QED) is 0.185. The summed E-state index contributed by atoms with van der Waals surface area (Å²) in [5.41, 5.74) is 1.53. The average molecular weight is 664 g/mol. The van der Waals surface area contributed by atoms with E-state index in [1.165, 1.54) is 37.3 Å². The summed E-state index contributed by atoms with van der Waals surface area (Å²) < 4.78 is 40.5. The van der Waals surface area contributed by atoms with Crippen LogP contribution >= 0.6 is 11.6 Å². The average Bonchev–Trinajstić information content (AvgIpc) is 3.06. The van der Waals surface area contributed by atoms with Gasteiger partial charge in [-0.1, -0.05) is 78.3 Å². The molecule has 0 saturated carbocycles. The van der Waals surface area contributed by atoms with Crippen molar-refractivity contribution in [1.29, 1.82) is 0 Å². The van der Waals surface area contributed by atoms with Gasteiger partial charge in [0.15, 0.2) is 0 Å². The predicted molar refractivity (Wildman–Crippen MR) is 180 cm³/mol. The Labute approximate surface area is 275 Å². The first kappa shape index (κ1) is 34.3. The van der Waals surface area contributed by atoms with Gasteiger partial charge in [0.25, 0.3) is 10.0 Å². The maximum atomic E-state index is 14.6. The molecule has 0 saturated heterocycles. The molecule has 242 valence electrons. The van der Waals surface area contributed by atoms with Crippen LogP contribution in [0.25, 0.3) is 0 Å². The van der Waals surface area contributed by atoms with E-state index in [0.29, 0.717) is 16.3 Å². The van der Waals surface area contributed by atoms with Crippen molar-refractivity contribution >= 4 is 39.1 Å². The van der Waals surface area contributed by atoms with Gasteiger partial charge >= 0.3 is 0 Å². The molecule has 0 aliphatic carbocycles. The molecule has 0 fully saturated rings. The number of carbonyl (C=O) groups excluding carboxylic acids is 2. The lowest BCUT2D eigenvalue weighted by molar-refractivity contribution is -0.140. The van der Waals surface area contributed by atoms with Gasteiger partial charge in [-0.25, -0.2) is 8.42 Å². The number of rotatable bonds is 14. The summed E-state index contributed by atoms with van der Waals surface area (Å²) in [7, 11) is -1.45. The molecule has 4 aromatic carbocycles. The third-order valence-electron chi connectivity index (χ3n) is 7.27. The van der Waals surface area contributed by atoms with E-state index >= 15 is 0 Å². The Kier molecular flexibility index (Phi) is 11.7. The van der Waals surface area contributed by atoms with Gasteiger partial charge in [-0.15, -0.1) is 0 Å². The van der Waals surface area contributed by atoms with Crippen LogP contribution in [0.5, 0.6) is 11.5 Å². The fraction of sp³-hybridized carbons (Fsp3) is 0.257. The van der Waals surface area contributed by atoms with Crippen LogP contribution in [0.2, 0.25) is 5.02 Å². The first-order valence-electron chi connectivity index (χ1n) is 14.7. The van der Waals surface area contributed by atoms with Crippen LogP contribution < -0.4 is 19.1 Å². The monoisotopic (exact) mass is 663 g/mol. The number of nitrogens with zero attached hydrogens (tertiary/aromatic N) is 2. The molecule has 4 rings (SSSR count). The standard InChI is InChI=1S/C35H38ClN3O6S/c1-25(2)37-35(41)32(21-26-13-7-5-8-14-26)38(23-27-15-11-12-18-30(27)36)34(40)24-39(46(42,43)29-16-9-6-10-17-29)31-22-28(44-3)19-20-33(31)45-4/h5-20,22,25,32H,21,23-24H2,1-4H3,(H,37,41)/t32-/m1/s1. The molecule has 0 aliphatic heterocycles. The zero-order valence-electron chi connectivity index (χ0n) is 26.2. The van der Waals surface area contributed by atoms with E-state index in [0.717, 1.165) is 9.87 Å². The van der Waals surface area contributed by atoms with Gasteiger partial charge < -0.3 is 19.7 Å². The van der Waals surface area contributed by atoms with Gasteiger partial charge in [-0.3, -0.25) is 13.9 Å². The Morgan fingerprint density at radius 2 is 1.48 bits per heavy atom. The molecule has 9 nitrogen and oxygen atoms in total. The lowest BCUT2D eigenvalue weighted by atomic mass is 10.0. The number of benzene rings is 4. The third-order valence-corrected chi connectivity index (χ3v) is 9.41. The Morgan fingerprint density at radius 3 is 2.09 bits per heavy atom. The highest BCUT2D eigenvalue weighted by molar-refractivity contribution is 7.92. The Hall–Kier alpha value is -4.54. The molecule has 1 N–H and O–H groups in total. The van der Waals surface area contributed by atoms with Gasteiger partial charge in [0.05, 0.1) is 24.8 Å². The summed E-state index contributed by atoms with van der Waals surface area (Å²) in [6.07, 6.45) is 0.184. The normalized spacial score (nSPS) is 11.9. The molecular weight excluding hydrogens is 626 g/mol. The van der Waals surface area contributed by atoms with Gasteiger partial charge in [0, 0.05) is 30.1 Å². The summed E-state index contributed by atoms with van der Waals surface area (Å²) in [6, 6.07) is 27.7. The number of anilines is 1. The van der Waals surface area contributed by atoms with E-state index in [4.69, 9.17) is 21.1 Å². The van der Waals surface area contributed by atoms with E-state index in [1.54, 1.807) is 54.6 Å². The number of amides is 2. The highest BCUT2D eigenvalue weighted by Crippen LogP contribution is 2.36. The van der Waals surface area contributed by atoms with Gasteiger partial charge in [0.1, 0.15) is 24.1 Å². The number of carbonyl (C=O) groups is 2. The van der Waals surface area contributed by atoms with Gasteiger partial charge in [-0.05, 0) is 55.3 Å². The SMILES string of the molecule is COc1ccc(OC)c(N(CC(=O)N(Cc2ccccc2Cl)[C@H](Cc2ccccc2)C(=O)NC(C)C)S(=O)(=O)c2ccccc2)c1. The topological polar surface area (TPSA) is 105 Å². The summed E-state index contributed by atoms with van der Waals surface area (Å²) in [6.45, 7) is 2.98. The molecule has 0 heterocycles. The smallest absolute Gasteiger partial charge is 0.264 e. The van der Waals surface area contributed by atoms with Crippen LogP contribution in [0.3, 0.4) is 0 Å². The molecule has 0 spiro atoms. The fourth-order valence-corrected chi connectivity index (χ4v) is 6.60. The molecule has 0 aliphatic rings. The first-order chi connectivity index (χ1) is 22.0. The highest BCUT2D eigenvalue weighted by Gasteiger charge is 2.36. The third kappa shape index (κ3) is 8.38. The van der Waals surface area contributed by atoms with E-state index in [1.807, 2.05) is 44.2 Å². The number of hydrogen-bond donors (Lipinski definition) is 1. The van der Waals surface area contributed by atoms with Crippen molar-refractivity contribution in [2.75, 3.05) is 25.1 Å². The zero-order valence-corrected chi connectivity index (χ0v) is 27.8. The summed E-state index contributed by atoms with van der Waals surface area (Å²) in [4.78, 5) is 29.8. The first-order valence-corrected chi connectivity index (χ1v) is 16.5. The van der Waals surface area contributed by atoms with Crippen molar-refractivity contribution in [3.8, 4) is 11.5 Å². The van der Waals surface area contributed by atoms with E-state index in [-0.39, 0.29) is 41.2 Å². The largest absolute Gasteiger partial charge is 0.497 e. The van der Waals surface area contributed by atoms with Gasteiger partial charge in [0.2, 0.25) is 11.8 Å². The van der Waals surface area contributed by atoms with Crippen LogP contribution in [0.4, 0.5) is 5.69 Å². The molecule has 2 amide bonds. The number of hydrogen-bond acceptors (Lipinski definition) is 6. The minimum Gasteiger partial charge on any atom is -0.497 e. The Morgan fingerprint density at radius 1 is 0.848 bits per heavy atom. The molecular formula is C35H38ClN3O6S. The number of nitrogens with one attached hydrogen (secondary N) is 1. The summed E-state index contributed by atoms with van der Waals surface area (Å²) in [5, 5.41) is 3.35. The Bertz CT molecular complexity index is 1740. The van der Waals surface area contributed by atoms with Crippen molar-refractivity contribution in [1.82, 2.24) is 10.2 Å². The highest BCUT2D eigenvalue weighted by atomic mass is 35.5. The second kappa shape index (κ2) is 15.6. The second-order valence-electron chi connectivity index (χ2n) is 10.8.